The molecule has 17 unspecified atom stereocenters. The maximum absolute atomic E-state index is 13.5. The molecular weight excluding hydrogens is 1460 g/mol. The van der Waals surface area contributed by atoms with Gasteiger partial charge in [-0.15, -0.1) is 0 Å². The summed E-state index contributed by atoms with van der Waals surface area (Å²) in [5.74, 6) is -0.263. The number of hydrogen-bond donors (Lipinski definition) is 12. The summed E-state index contributed by atoms with van der Waals surface area (Å²) < 4.78 is 34.6. The van der Waals surface area contributed by atoms with Gasteiger partial charge in [-0.25, -0.2) is 0 Å². The number of allylic oxidation sites excluding steroid dienone is 22. The molecule has 19 heteroatoms. The Hall–Kier alpha value is -4.07. The molecule has 3 fully saturated rings. The quantitative estimate of drug-likeness (QED) is 0.0199. The van der Waals surface area contributed by atoms with Crippen molar-refractivity contribution in [3.63, 3.8) is 0 Å². The average molecular weight is 1620 g/mol. The molecule has 0 radical (unpaired) electrons. The lowest BCUT2D eigenvalue weighted by molar-refractivity contribution is -0.379. The summed E-state index contributed by atoms with van der Waals surface area (Å²) in [6, 6.07) is -0.911. The average Bonchev–Trinajstić information content (AvgIpc) is 0.779. The third-order valence-corrected chi connectivity index (χ3v) is 22.0. The summed E-state index contributed by atoms with van der Waals surface area (Å²) in [5, 5.41) is 121. The maximum atomic E-state index is 13.5. The zero-order valence-electron chi connectivity index (χ0n) is 71.5. The highest BCUT2D eigenvalue weighted by Crippen LogP contribution is 2.34. The molecule has 115 heavy (non-hydrogen) atoms. The zero-order chi connectivity index (χ0) is 83.1. The number of amides is 1. The van der Waals surface area contributed by atoms with Gasteiger partial charge in [-0.05, 0) is 96.3 Å². The minimum Gasteiger partial charge on any atom is -0.394 e. The lowest BCUT2D eigenvalue weighted by atomic mass is 9.96. The van der Waals surface area contributed by atoms with E-state index in [9.17, 15) is 61.0 Å². The Morgan fingerprint density at radius 3 is 0.939 bits per heavy atom. The summed E-state index contributed by atoms with van der Waals surface area (Å²) >= 11 is 0. The van der Waals surface area contributed by atoms with Gasteiger partial charge < -0.3 is 89.9 Å². The first-order chi connectivity index (χ1) is 56.3. The number of aliphatic hydroxyl groups excluding tert-OH is 11. The van der Waals surface area contributed by atoms with Crippen molar-refractivity contribution < 1.29 is 89.4 Å². The Balaban J connectivity index is 1.34. The van der Waals surface area contributed by atoms with Crippen molar-refractivity contribution in [3.8, 4) is 0 Å². The molecule has 3 rings (SSSR count). The van der Waals surface area contributed by atoms with Crippen molar-refractivity contribution in [3.05, 3.63) is 134 Å². The zero-order valence-corrected chi connectivity index (χ0v) is 71.5. The molecule has 3 heterocycles. The molecule has 12 N–H and O–H groups in total. The molecule has 3 aliphatic rings. The second-order valence-corrected chi connectivity index (χ2v) is 32.0. The molecular formula is C96H165NO18. The second kappa shape index (κ2) is 73.8. The molecule has 0 aromatic carbocycles. The predicted octanol–water partition coefficient (Wildman–Crippen LogP) is 18.0. The van der Waals surface area contributed by atoms with Crippen molar-refractivity contribution >= 4 is 5.91 Å². The van der Waals surface area contributed by atoms with E-state index < -0.39 is 124 Å². The van der Waals surface area contributed by atoms with Crippen LogP contribution >= 0.6 is 0 Å². The van der Waals surface area contributed by atoms with Gasteiger partial charge in [-0.1, -0.05) is 366 Å². The van der Waals surface area contributed by atoms with Gasteiger partial charge in [-0.2, -0.15) is 0 Å². The van der Waals surface area contributed by atoms with Crippen LogP contribution in [0.1, 0.15) is 335 Å². The van der Waals surface area contributed by atoms with Crippen LogP contribution in [0.4, 0.5) is 0 Å². The minimum atomic E-state index is -1.98. The van der Waals surface area contributed by atoms with E-state index in [2.05, 4.69) is 153 Å². The first kappa shape index (κ1) is 105. The number of rotatable bonds is 73. The first-order valence-corrected chi connectivity index (χ1v) is 45.9. The normalized spacial score (nSPS) is 25.2. The van der Waals surface area contributed by atoms with Crippen molar-refractivity contribution in [1.29, 1.82) is 0 Å². The molecule has 19 nitrogen and oxygen atoms in total. The summed E-state index contributed by atoms with van der Waals surface area (Å²) in [5.41, 5.74) is 0. The topological polar surface area (TPSA) is 307 Å². The fraction of sp³-hybridized carbons (Fsp3) is 0.760. The number of carbonyl (C=O) groups excluding carboxylic acids is 1. The van der Waals surface area contributed by atoms with Gasteiger partial charge in [0.1, 0.15) is 73.2 Å². The largest absolute Gasteiger partial charge is 0.394 e. The Morgan fingerprint density at radius 2 is 0.600 bits per heavy atom. The Kier molecular flexibility index (Phi) is 67.5. The van der Waals surface area contributed by atoms with Crippen LogP contribution in [0.3, 0.4) is 0 Å². The number of aliphatic hydroxyl groups is 11. The van der Waals surface area contributed by atoms with E-state index in [1.165, 1.54) is 173 Å². The lowest BCUT2D eigenvalue weighted by Crippen LogP contribution is -2.66. The Labute approximate surface area is 696 Å². The van der Waals surface area contributed by atoms with E-state index in [1.54, 1.807) is 0 Å². The van der Waals surface area contributed by atoms with Gasteiger partial charge in [0.2, 0.25) is 5.91 Å². The molecule has 0 bridgehead atoms. The molecule has 0 saturated carbocycles. The van der Waals surface area contributed by atoms with Gasteiger partial charge in [0.15, 0.2) is 18.9 Å². The highest BCUT2D eigenvalue weighted by molar-refractivity contribution is 5.76. The second-order valence-electron chi connectivity index (χ2n) is 32.0. The van der Waals surface area contributed by atoms with Gasteiger partial charge in [-0.3, -0.25) is 4.79 Å². The number of ether oxygens (including phenoxy) is 6. The first-order valence-electron chi connectivity index (χ1n) is 45.9. The van der Waals surface area contributed by atoms with Crippen LogP contribution in [-0.2, 0) is 33.2 Å². The molecule has 3 saturated heterocycles. The van der Waals surface area contributed by atoms with Crippen molar-refractivity contribution in [2.75, 3.05) is 26.4 Å². The predicted molar refractivity (Wildman–Crippen MR) is 466 cm³/mol. The summed E-state index contributed by atoms with van der Waals surface area (Å²) in [6.07, 6.45) is 79.8. The lowest BCUT2D eigenvalue weighted by Gasteiger charge is -2.48. The van der Waals surface area contributed by atoms with Gasteiger partial charge >= 0.3 is 0 Å². The highest BCUT2D eigenvalue weighted by atomic mass is 16.8. The minimum absolute atomic E-state index is 0.236. The van der Waals surface area contributed by atoms with E-state index in [0.29, 0.717) is 12.8 Å². The van der Waals surface area contributed by atoms with Crippen LogP contribution in [0.5, 0.6) is 0 Å². The fourth-order valence-electron chi connectivity index (χ4n) is 14.7. The summed E-state index contributed by atoms with van der Waals surface area (Å²) in [6.45, 7) is 1.70. The van der Waals surface area contributed by atoms with Crippen LogP contribution in [0.15, 0.2) is 134 Å². The van der Waals surface area contributed by atoms with Crippen molar-refractivity contribution in [2.45, 2.75) is 439 Å². The standard InChI is InChI=1S/C96H165NO18/c1-3-5-7-9-11-13-15-17-19-21-23-25-27-29-31-33-35-36-37-38-39-40-41-42-44-46-48-50-52-54-56-58-60-62-64-66-68-70-72-74-84(102)97-79(80(101)73-71-69-67-65-63-61-59-57-55-53-51-49-47-45-43-34-32-30-28-26-24-22-20-18-16-14-12-10-8-6-4-2)78-110-94-90(108)87(105)92(82(76-99)112-94)115-96-91(109)88(106)93(83(77-100)113-96)114-95-89(107)86(104)85(103)81(75-98)111-95/h5,7,11,13,17,19,23,25,29,31,35-36,38-39,41-42,46,48,52,54,58,60,79-83,85-96,98-101,103-109H,3-4,6,8-10,12,14-16,18,20-22,24,26-28,30,32-34,37,40,43-45,47,49-51,53,55-57,59,61-78H2,1-2H3,(H,97,102)/b7-5-,13-11-,19-17-,25-23-,31-29-,36-35-,39-38-,42-41-,48-46-,54-52-,60-58-. The van der Waals surface area contributed by atoms with E-state index in [0.717, 1.165) is 128 Å². The molecule has 0 aromatic rings. The van der Waals surface area contributed by atoms with E-state index in [-0.39, 0.29) is 18.9 Å². The van der Waals surface area contributed by atoms with Crippen LogP contribution in [0.25, 0.3) is 0 Å². The molecule has 3 aliphatic heterocycles. The smallest absolute Gasteiger partial charge is 0.220 e. The van der Waals surface area contributed by atoms with Crippen molar-refractivity contribution in [2.24, 2.45) is 0 Å². The fourth-order valence-corrected chi connectivity index (χ4v) is 14.7. The van der Waals surface area contributed by atoms with Crippen LogP contribution in [-0.4, -0.2) is 193 Å². The SMILES string of the molecule is CC/C=C\C/C=C\C/C=C\C/C=C\C/C=C\C/C=C\C/C=C\C/C=C\C/C=C\C/C=C\C/C=C\CCCCCCCC(=O)NC(COC1OC(CO)C(OC2OC(CO)C(OC3OC(CO)C(O)C(O)C3O)C(O)C2O)C(O)C1O)C(O)CCCCCCCCCCCCCCCCCCCCCCCCCCCCCCCCC. The monoisotopic (exact) mass is 1620 g/mol. The van der Waals surface area contributed by atoms with E-state index >= 15 is 0 Å². The van der Waals surface area contributed by atoms with E-state index in [1.807, 2.05) is 0 Å². The molecule has 662 valence electrons. The van der Waals surface area contributed by atoms with Gasteiger partial charge in [0.25, 0.3) is 0 Å². The van der Waals surface area contributed by atoms with Gasteiger partial charge in [0.05, 0.1) is 38.6 Å². The van der Waals surface area contributed by atoms with Gasteiger partial charge in [0, 0.05) is 6.42 Å². The number of nitrogens with one attached hydrogen (secondary N) is 1. The highest BCUT2D eigenvalue weighted by Gasteiger charge is 2.54. The Bertz CT molecular complexity index is 2600. The number of hydrogen-bond acceptors (Lipinski definition) is 18. The molecule has 1 amide bonds. The molecule has 0 spiro atoms. The molecule has 17 atom stereocenters. The number of unbranched alkanes of at least 4 members (excludes halogenated alkanes) is 35. The third kappa shape index (κ3) is 52.0. The summed E-state index contributed by atoms with van der Waals surface area (Å²) in [4.78, 5) is 13.5. The van der Waals surface area contributed by atoms with E-state index in [4.69, 9.17) is 28.4 Å². The third-order valence-electron chi connectivity index (χ3n) is 22.0. The maximum Gasteiger partial charge on any atom is 0.220 e. The number of carbonyl (C=O) groups is 1. The molecule has 0 aliphatic carbocycles. The van der Waals surface area contributed by atoms with Crippen LogP contribution in [0.2, 0.25) is 0 Å². The van der Waals surface area contributed by atoms with Crippen LogP contribution < -0.4 is 5.32 Å². The van der Waals surface area contributed by atoms with Crippen LogP contribution in [0, 0.1) is 0 Å². The Morgan fingerprint density at radius 1 is 0.322 bits per heavy atom. The van der Waals surface area contributed by atoms with Crippen molar-refractivity contribution in [1.82, 2.24) is 5.32 Å². The molecule has 0 aromatic heterocycles. The summed E-state index contributed by atoms with van der Waals surface area (Å²) in [7, 11) is 0.